The minimum atomic E-state index is -1.07. The van der Waals surface area contributed by atoms with Crippen molar-refractivity contribution in [3.63, 3.8) is 0 Å². The predicted octanol–water partition coefficient (Wildman–Crippen LogP) is 1.16. The molecule has 6 heteroatoms. The molecule has 0 bridgehead atoms. The predicted molar refractivity (Wildman–Crippen MR) is 62.2 cm³/mol. The molecule has 6 nitrogen and oxygen atoms in total. The number of hydrogen-bond donors (Lipinski definition) is 2. The van der Waals surface area contributed by atoms with Gasteiger partial charge in [-0.2, -0.15) is 0 Å². The first-order chi connectivity index (χ1) is 8.02. The van der Waals surface area contributed by atoms with E-state index in [4.69, 9.17) is 10.8 Å². The topological polar surface area (TPSA) is 94.0 Å². The number of aryl methyl sites for hydroxylation is 1. The Balaban J connectivity index is 2.65. The van der Waals surface area contributed by atoms with Gasteiger partial charge in [0.1, 0.15) is 6.33 Å². The largest absolute Gasteiger partial charge is 0.478 e. The molecule has 0 unspecified atom stereocenters. The Labute approximate surface area is 97.7 Å². The van der Waals surface area contributed by atoms with Gasteiger partial charge in [0.05, 0.1) is 16.9 Å². The first-order valence-electron chi connectivity index (χ1n) is 5.01. The van der Waals surface area contributed by atoms with Crippen LogP contribution < -0.4 is 5.73 Å². The zero-order chi connectivity index (χ0) is 12.6. The van der Waals surface area contributed by atoms with Crippen LogP contribution in [0.25, 0.3) is 5.82 Å². The quantitative estimate of drug-likeness (QED) is 0.810. The van der Waals surface area contributed by atoms with E-state index >= 15 is 0 Å². The zero-order valence-electron chi connectivity index (χ0n) is 9.51. The van der Waals surface area contributed by atoms with Crippen molar-refractivity contribution in [3.8, 4) is 5.82 Å². The van der Waals surface area contributed by atoms with Crippen molar-refractivity contribution in [2.75, 3.05) is 5.73 Å². The molecule has 0 aliphatic carbocycles. The molecule has 0 atom stereocenters. The number of carboxylic acids is 1. The second kappa shape index (κ2) is 3.89. The summed E-state index contributed by atoms with van der Waals surface area (Å²) in [6.45, 7) is 3.74. The van der Waals surface area contributed by atoms with E-state index in [1.54, 1.807) is 10.9 Å². The lowest BCUT2D eigenvalue weighted by atomic mass is 10.2. The van der Waals surface area contributed by atoms with E-state index < -0.39 is 5.97 Å². The van der Waals surface area contributed by atoms with Crippen molar-refractivity contribution in [2.24, 2.45) is 0 Å². The normalized spacial score (nSPS) is 10.5. The summed E-state index contributed by atoms with van der Waals surface area (Å²) in [4.78, 5) is 19.2. The van der Waals surface area contributed by atoms with Crippen LogP contribution >= 0.6 is 0 Å². The maximum Gasteiger partial charge on any atom is 0.337 e. The van der Waals surface area contributed by atoms with Gasteiger partial charge < -0.3 is 10.8 Å². The van der Waals surface area contributed by atoms with E-state index in [0.717, 1.165) is 11.4 Å². The lowest BCUT2D eigenvalue weighted by molar-refractivity contribution is 0.0698. The summed E-state index contributed by atoms with van der Waals surface area (Å²) >= 11 is 0. The van der Waals surface area contributed by atoms with Gasteiger partial charge >= 0.3 is 5.97 Å². The third kappa shape index (κ3) is 1.73. The Bertz CT molecular complexity index is 589. The number of nitrogens with zero attached hydrogens (tertiary/aromatic N) is 3. The molecule has 2 aromatic heterocycles. The maximum atomic E-state index is 11.0. The molecule has 0 spiro atoms. The van der Waals surface area contributed by atoms with Gasteiger partial charge in [0.2, 0.25) is 0 Å². The molecule has 0 radical (unpaired) electrons. The average Bonchev–Trinajstić information content (AvgIpc) is 2.60. The number of aromatic nitrogens is 3. The standard InChI is InChI=1S/C11H12N4O2/c1-6-7(2)15(5-14-6)10-9(12)8(11(16)17)3-4-13-10/h3-5H,12H2,1-2H3,(H,16,17). The molecule has 0 aromatic carbocycles. The van der Waals surface area contributed by atoms with Crippen LogP contribution in [0.2, 0.25) is 0 Å². The Morgan fingerprint density at radius 1 is 1.41 bits per heavy atom. The van der Waals surface area contributed by atoms with Gasteiger partial charge in [0.25, 0.3) is 0 Å². The van der Waals surface area contributed by atoms with Crippen LogP contribution in [0.4, 0.5) is 5.69 Å². The van der Waals surface area contributed by atoms with Crippen LogP contribution in [-0.4, -0.2) is 25.6 Å². The number of imidazole rings is 1. The van der Waals surface area contributed by atoms with Gasteiger partial charge in [-0.05, 0) is 19.9 Å². The van der Waals surface area contributed by atoms with E-state index in [0.29, 0.717) is 5.82 Å². The van der Waals surface area contributed by atoms with Gasteiger partial charge in [-0.1, -0.05) is 0 Å². The number of rotatable bonds is 2. The summed E-state index contributed by atoms with van der Waals surface area (Å²) in [5.41, 5.74) is 7.72. The first-order valence-corrected chi connectivity index (χ1v) is 5.01. The van der Waals surface area contributed by atoms with Gasteiger partial charge in [0, 0.05) is 11.9 Å². The third-order valence-corrected chi connectivity index (χ3v) is 2.68. The Morgan fingerprint density at radius 2 is 2.12 bits per heavy atom. The molecule has 3 N–H and O–H groups in total. The minimum absolute atomic E-state index is 0.0424. The highest BCUT2D eigenvalue weighted by Crippen LogP contribution is 2.21. The van der Waals surface area contributed by atoms with Crippen molar-refractivity contribution in [2.45, 2.75) is 13.8 Å². The van der Waals surface area contributed by atoms with Crippen molar-refractivity contribution >= 4 is 11.7 Å². The second-order valence-corrected chi connectivity index (χ2v) is 3.69. The van der Waals surface area contributed by atoms with E-state index in [1.807, 2.05) is 13.8 Å². The number of aromatic carboxylic acids is 1. The molecule has 2 aromatic rings. The third-order valence-electron chi connectivity index (χ3n) is 2.68. The van der Waals surface area contributed by atoms with Crippen LogP contribution in [0.3, 0.4) is 0 Å². The molecule has 0 aliphatic heterocycles. The van der Waals surface area contributed by atoms with E-state index in [-0.39, 0.29) is 11.3 Å². The van der Waals surface area contributed by atoms with Gasteiger partial charge in [-0.25, -0.2) is 14.8 Å². The highest BCUT2D eigenvalue weighted by Gasteiger charge is 2.15. The Hall–Kier alpha value is -2.37. The van der Waals surface area contributed by atoms with E-state index in [1.165, 1.54) is 12.3 Å². The number of hydrogen-bond acceptors (Lipinski definition) is 4. The van der Waals surface area contributed by atoms with Crippen molar-refractivity contribution in [1.29, 1.82) is 0 Å². The number of nitrogen functional groups attached to an aromatic ring is 1. The molecule has 2 rings (SSSR count). The van der Waals surface area contributed by atoms with Crippen LogP contribution in [-0.2, 0) is 0 Å². The number of carboxylic acid groups (broad SMARTS) is 1. The second-order valence-electron chi connectivity index (χ2n) is 3.69. The zero-order valence-corrected chi connectivity index (χ0v) is 9.51. The fraction of sp³-hybridized carbons (Fsp3) is 0.182. The lowest BCUT2D eigenvalue weighted by Gasteiger charge is -2.09. The van der Waals surface area contributed by atoms with E-state index in [2.05, 4.69) is 9.97 Å². The molecule has 2 heterocycles. The van der Waals surface area contributed by atoms with Crippen molar-refractivity contribution < 1.29 is 9.90 Å². The lowest BCUT2D eigenvalue weighted by Crippen LogP contribution is -2.09. The van der Waals surface area contributed by atoms with Crippen LogP contribution in [0.1, 0.15) is 21.7 Å². The molecule has 0 fully saturated rings. The van der Waals surface area contributed by atoms with Crippen LogP contribution in [0, 0.1) is 13.8 Å². The molecule has 88 valence electrons. The minimum Gasteiger partial charge on any atom is -0.478 e. The summed E-state index contributed by atoms with van der Waals surface area (Å²) in [5.74, 6) is -0.677. The number of anilines is 1. The summed E-state index contributed by atoms with van der Waals surface area (Å²) in [7, 11) is 0. The monoisotopic (exact) mass is 232 g/mol. The molecule has 0 aliphatic rings. The number of pyridine rings is 1. The smallest absolute Gasteiger partial charge is 0.337 e. The van der Waals surface area contributed by atoms with E-state index in [9.17, 15) is 4.79 Å². The number of nitrogens with two attached hydrogens (primary N) is 1. The summed E-state index contributed by atoms with van der Waals surface area (Å²) in [5, 5.41) is 8.98. The summed E-state index contributed by atoms with van der Waals surface area (Å²) < 4.78 is 1.68. The number of carbonyl (C=O) groups is 1. The average molecular weight is 232 g/mol. The molecule has 17 heavy (non-hydrogen) atoms. The SMILES string of the molecule is Cc1ncn(-c2nccc(C(=O)O)c2N)c1C. The molecule has 0 amide bonds. The molecule has 0 saturated carbocycles. The fourth-order valence-electron chi connectivity index (χ4n) is 1.55. The summed E-state index contributed by atoms with van der Waals surface area (Å²) in [6.07, 6.45) is 3.00. The fourth-order valence-corrected chi connectivity index (χ4v) is 1.55. The van der Waals surface area contributed by atoms with Gasteiger partial charge in [-0.15, -0.1) is 0 Å². The Morgan fingerprint density at radius 3 is 2.65 bits per heavy atom. The van der Waals surface area contributed by atoms with Crippen LogP contribution in [0.5, 0.6) is 0 Å². The van der Waals surface area contributed by atoms with Crippen molar-refractivity contribution in [3.05, 3.63) is 35.5 Å². The molecular weight excluding hydrogens is 220 g/mol. The highest BCUT2D eigenvalue weighted by molar-refractivity contribution is 5.95. The van der Waals surface area contributed by atoms with Crippen LogP contribution in [0.15, 0.2) is 18.6 Å². The maximum absolute atomic E-state index is 11.0. The molecular formula is C11H12N4O2. The first kappa shape index (κ1) is 11.1. The molecule has 0 saturated heterocycles. The summed E-state index contributed by atoms with van der Waals surface area (Å²) in [6, 6.07) is 1.38. The van der Waals surface area contributed by atoms with Gasteiger partial charge in [-0.3, -0.25) is 4.57 Å². The van der Waals surface area contributed by atoms with Crippen molar-refractivity contribution in [1.82, 2.24) is 14.5 Å². The van der Waals surface area contributed by atoms with Gasteiger partial charge in [0.15, 0.2) is 5.82 Å². The Kier molecular flexibility index (Phi) is 2.55. The highest BCUT2D eigenvalue weighted by atomic mass is 16.4.